The second-order valence-corrected chi connectivity index (χ2v) is 7.23. The maximum absolute atomic E-state index is 11.8. The fraction of sp³-hybridized carbons (Fsp3) is 0.471. The van der Waals surface area contributed by atoms with E-state index in [1.807, 2.05) is 30.3 Å². The number of rotatable bonds is 4. The average molecular weight is 344 g/mol. The Balaban J connectivity index is 1.70. The van der Waals surface area contributed by atoms with Crippen LogP contribution in [0.25, 0.3) is 5.69 Å². The minimum atomic E-state index is -0.189. The molecule has 0 amide bonds. The number of carbonyl (C=O) groups excluding carboxylic acids is 1. The molecular formula is C17H20N4O2S. The lowest BCUT2D eigenvalue weighted by atomic mass is 10.1. The highest BCUT2D eigenvalue weighted by Crippen LogP contribution is 2.33. The molecule has 0 unspecified atom stereocenters. The molecule has 1 aromatic carbocycles. The number of cyclic esters (lactones) is 1. The number of benzene rings is 1. The smallest absolute Gasteiger partial charge is 0.319 e. The Morgan fingerprint density at radius 1 is 1.08 bits per heavy atom. The molecule has 0 bridgehead atoms. The van der Waals surface area contributed by atoms with Gasteiger partial charge in [-0.15, -0.1) is 10.2 Å². The van der Waals surface area contributed by atoms with Crippen molar-refractivity contribution in [2.45, 2.75) is 36.1 Å². The largest absolute Gasteiger partial charge is 0.465 e. The van der Waals surface area contributed by atoms with Gasteiger partial charge >= 0.3 is 5.97 Å². The number of thioether (sulfide) groups is 1. The average Bonchev–Trinajstić information content (AvgIpc) is 3.23. The normalized spacial score (nSPS) is 21.1. The van der Waals surface area contributed by atoms with Gasteiger partial charge in [-0.1, -0.05) is 30.0 Å². The monoisotopic (exact) mass is 344 g/mol. The Kier molecular flexibility index (Phi) is 4.42. The van der Waals surface area contributed by atoms with Crippen molar-refractivity contribution in [3.05, 3.63) is 30.3 Å². The van der Waals surface area contributed by atoms with Crippen LogP contribution in [0.4, 0.5) is 5.95 Å². The van der Waals surface area contributed by atoms with E-state index in [0.717, 1.165) is 36.3 Å². The number of hydrogen-bond acceptors (Lipinski definition) is 6. The number of anilines is 1. The second-order valence-electron chi connectivity index (χ2n) is 6.06. The molecule has 2 aliphatic rings. The Bertz CT molecular complexity index is 713. The molecule has 2 fully saturated rings. The van der Waals surface area contributed by atoms with Gasteiger partial charge in [0.05, 0.1) is 12.3 Å². The number of para-hydroxylation sites is 1. The van der Waals surface area contributed by atoms with Crippen LogP contribution in [0.5, 0.6) is 0 Å². The summed E-state index contributed by atoms with van der Waals surface area (Å²) in [5.74, 6) is 0.719. The van der Waals surface area contributed by atoms with Gasteiger partial charge in [-0.3, -0.25) is 9.36 Å². The van der Waals surface area contributed by atoms with E-state index >= 15 is 0 Å². The van der Waals surface area contributed by atoms with Crippen molar-refractivity contribution in [2.75, 3.05) is 24.6 Å². The molecular weight excluding hydrogens is 324 g/mol. The molecule has 126 valence electrons. The van der Waals surface area contributed by atoms with Crippen molar-refractivity contribution in [3.63, 3.8) is 0 Å². The fourth-order valence-electron chi connectivity index (χ4n) is 3.15. The maximum atomic E-state index is 11.8. The van der Waals surface area contributed by atoms with Gasteiger partial charge in [-0.2, -0.15) is 0 Å². The molecule has 2 saturated heterocycles. The minimum Gasteiger partial charge on any atom is -0.465 e. The zero-order chi connectivity index (χ0) is 16.4. The van der Waals surface area contributed by atoms with Crippen LogP contribution in [-0.4, -0.2) is 45.7 Å². The van der Waals surface area contributed by atoms with Crippen molar-refractivity contribution < 1.29 is 9.53 Å². The Morgan fingerprint density at radius 2 is 1.88 bits per heavy atom. The molecule has 3 heterocycles. The van der Waals surface area contributed by atoms with Crippen LogP contribution in [-0.2, 0) is 9.53 Å². The molecule has 7 heteroatoms. The number of carbonyl (C=O) groups is 1. The summed E-state index contributed by atoms with van der Waals surface area (Å²) >= 11 is 1.45. The first-order valence-electron chi connectivity index (χ1n) is 8.42. The van der Waals surface area contributed by atoms with E-state index in [9.17, 15) is 4.79 Å². The molecule has 0 spiro atoms. The third-order valence-electron chi connectivity index (χ3n) is 4.40. The van der Waals surface area contributed by atoms with Gasteiger partial charge in [-0.05, 0) is 31.4 Å². The van der Waals surface area contributed by atoms with Gasteiger partial charge in [0, 0.05) is 19.5 Å². The fourth-order valence-corrected chi connectivity index (χ4v) is 4.17. The molecule has 0 saturated carbocycles. The van der Waals surface area contributed by atoms with Gasteiger partial charge in [0.25, 0.3) is 0 Å². The SMILES string of the molecule is O=C1OCC[C@@H]1Sc1nnc(N2CCCCC2)n1-c1ccccc1. The molecule has 0 radical (unpaired) electrons. The first kappa shape index (κ1) is 15.5. The highest BCUT2D eigenvalue weighted by atomic mass is 32.2. The van der Waals surface area contributed by atoms with Crippen LogP contribution < -0.4 is 4.90 Å². The van der Waals surface area contributed by atoms with Crippen LogP contribution in [0.3, 0.4) is 0 Å². The van der Waals surface area contributed by atoms with Crippen LogP contribution in [0.1, 0.15) is 25.7 Å². The Labute approximate surface area is 145 Å². The van der Waals surface area contributed by atoms with Crippen LogP contribution in [0, 0.1) is 0 Å². The van der Waals surface area contributed by atoms with E-state index in [4.69, 9.17) is 4.74 Å². The number of ether oxygens (including phenoxy) is 1. The quantitative estimate of drug-likeness (QED) is 0.795. The van der Waals surface area contributed by atoms with Crippen molar-refractivity contribution >= 4 is 23.7 Å². The van der Waals surface area contributed by atoms with Gasteiger partial charge in [0.2, 0.25) is 5.95 Å². The lowest BCUT2D eigenvalue weighted by Crippen LogP contribution is -2.31. The molecule has 24 heavy (non-hydrogen) atoms. The van der Waals surface area contributed by atoms with Crippen LogP contribution in [0.2, 0.25) is 0 Å². The Morgan fingerprint density at radius 3 is 2.58 bits per heavy atom. The summed E-state index contributed by atoms with van der Waals surface area (Å²) in [4.78, 5) is 14.1. The van der Waals surface area contributed by atoms with E-state index in [-0.39, 0.29) is 11.2 Å². The second kappa shape index (κ2) is 6.84. The molecule has 4 rings (SSSR count). The predicted molar refractivity (Wildman–Crippen MR) is 92.6 cm³/mol. The summed E-state index contributed by atoms with van der Waals surface area (Å²) in [5.41, 5.74) is 1.02. The number of piperidine rings is 1. The molecule has 2 aromatic rings. The van der Waals surface area contributed by atoms with E-state index in [0.29, 0.717) is 6.61 Å². The van der Waals surface area contributed by atoms with E-state index in [1.54, 1.807) is 0 Å². The third-order valence-corrected chi connectivity index (χ3v) is 5.59. The number of hydrogen-bond donors (Lipinski definition) is 0. The van der Waals surface area contributed by atoms with Gasteiger partial charge in [0.1, 0.15) is 5.25 Å². The van der Waals surface area contributed by atoms with Crippen molar-refractivity contribution in [3.8, 4) is 5.69 Å². The number of esters is 1. The summed E-state index contributed by atoms with van der Waals surface area (Å²) in [6.45, 7) is 2.50. The maximum Gasteiger partial charge on any atom is 0.319 e. The summed E-state index contributed by atoms with van der Waals surface area (Å²) < 4.78 is 7.15. The zero-order valence-electron chi connectivity index (χ0n) is 13.4. The summed E-state index contributed by atoms with van der Waals surface area (Å²) in [7, 11) is 0. The zero-order valence-corrected chi connectivity index (χ0v) is 14.2. The van der Waals surface area contributed by atoms with Crippen molar-refractivity contribution in [2.24, 2.45) is 0 Å². The molecule has 0 aliphatic carbocycles. The molecule has 0 N–H and O–H groups in total. The topological polar surface area (TPSA) is 60.2 Å². The summed E-state index contributed by atoms with van der Waals surface area (Å²) in [5, 5.41) is 9.41. The van der Waals surface area contributed by atoms with Crippen LogP contribution in [0.15, 0.2) is 35.5 Å². The highest BCUT2D eigenvalue weighted by Gasteiger charge is 2.31. The number of nitrogens with zero attached hydrogens (tertiary/aromatic N) is 4. The summed E-state index contributed by atoms with van der Waals surface area (Å²) in [6.07, 6.45) is 4.36. The van der Waals surface area contributed by atoms with Crippen LogP contribution >= 0.6 is 11.8 Å². The molecule has 2 aliphatic heterocycles. The van der Waals surface area contributed by atoms with Gasteiger partial charge in [-0.25, -0.2) is 0 Å². The number of aromatic nitrogens is 3. The van der Waals surface area contributed by atoms with Crippen molar-refractivity contribution in [1.82, 2.24) is 14.8 Å². The molecule has 6 nitrogen and oxygen atoms in total. The Hall–Kier alpha value is -2.02. The first-order valence-corrected chi connectivity index (χ1v) is 9.30. The molecule has 1 aromatic heterocycles. The van der Waals surface area contributed by atoms with Gasteiger partial charge in [0.15, 0.2) is 5.16 Å². The standard InChI is InChI=1S/C17H20N4O2S/c22-15-14(9-12-23-15)24-17-19-18-16(20-10-5-2-6-11-20)21(17)13-7-3-1-4-8-13/h1,3-4,7-8,14H,2,5-6,9-12H2/t14-/m0/s1. The van der Waals surface area contributed by atoms with Crippen molar-refractivity contribution in [1.29, 1.82) is 0 Å². The third kappa shape index (κ3) is 3.00. The predicted octanol–water partition coefficient (Wildman–Crippen LogP) is 2.67. The van der Waals surface area contributed by atoms with E-state index in [2.05, 4.69) is 19.7 Å². The summed E-state index contributed by atoms with van der Waals surface area (Å²) in [6, 6.07) is 10.1. The van der Waals surface area contributed by atoms with Gasteiger partial charge < -0.3 is 9.64 Å². The van der Waals surface area contributed by atoms with E-state index < -0.39 is 0 Å². The molecule has 1 atom stereocenters. The lowest BCUT2D eigenvalue weighted by molar-refractivity contribution is -0.137. The minimum absolute atomic E-state index is 0.151. The first-order chi connectivity index (χ1) is 11.8. The lowest BCUT2D eigenvalue weighted by Gasteiger charge is -2.27. The highest BCUT2D eigenvalue weighted by molar-refractivity contribution is 8.00. The van der Waals surface area contributed by atoms with E-state index in [1.165, 1.54) is 31.0 Å².